The van der Waals surface area contributed by atoms with Crippen LogP contribution < -0.4 is 5.73 Å². The van der Waals surface area contributed by atoms with Crippen molar-refractivity contribution in [2.24, 2.45) is 15.9 Å². The molecule has 0 amide bonds. The van der Waals surface area contributed by atoms with Crippen molar-refractivity contribution in [3.8, 4) is 17.2 Å². The third-order valence-electron chi connectivity index (χ3n) is 2.74. The summed E-state index contributed by atoms with van der Waals surface area (Å²) in [7, 11) is 0. The molecule has 0 bridgehead atoms. The Labute approximate surface area is 131 Å². The largest absolute Gasteiger partial charge is 0.504 e. The molecule has 6 nitrogen and oxygen atoms in total. The predicted octanol–water partition coefficient (Wildman–Crippen LogP) is 2.39. The number of hydrogen-bond acceptors (Lipinski definition) is 6. The van der Waals surface area contributed by atoms with Gasteiger partial charge in [0.05, 0.1) is 6.21 Å². The summed E-state index contributed by atoms with van der Waals surface area (Å²) in [5.74, 6) is -0.790. The summed E-state index contributed by atoms with van der Waals surface area (Å²) >= 11 is 1.34. The first-order valence-electron chi connectivity index (χ1n) is 6.35. The van der Waals surface area contributed by atoms with Crippen molar-refractivity contribution in [2.75, 3.05) is 0 Å². The minimum Gasteiger partial charge on any atom is -0.504 e. The molecule has 5 N–H and O–H groups in total. The van der Waals surface area contributed by atoms with Gasteiger partial charge < -0.3 is 21.1 Å². The lowest BCUT2D eigenvalue weighted by molar-refractivity contribution is 0.367. The molecule has 2 aromatic carbocycles. The molecule has 0 saturated heterocycles. The zero-order chi connectivity index (χ0) is 15.9. The molecule has 0 saturated carbocycles. The van der Waals surface area contributed by atoms with Crippen LogP contribution in [0.5, 0.6) is 17.2 Å². The maximum Gasteiger partial charge on any atom is 0.200 e. The number of hydrogen-bond donors (Lipinski definition) is 4. The number of nitrogens with two attached hydrogens (primary N) is 1. The van der Waals surface area contributed by atoms with Gasteiger partial charge >= 0.3 is 0 Å². The molecule has 0 aromatic heterocycles. The second kappa shape index (κ2) is 7.37. The second-order valence-electron chi connectivity index (χ2n) is 4.33. The SMILES string of the molecule is NC(=NN=Cc1ccc(O)c(O)c1O)SCc1ccccc1. The highest BCUT2D eigenvalue weighted by Crippen LogP contribution is 2.36. The van der Waals surface area contributed by atoms with Crippen LogP contribution in [0.3, 0.4) is 0 Å². The first-order valence-corrected chi connectivity index (χ1v) is 7.33. The van der Waals surface area contributed by atoms with Crippen LogP contribution in [0.25, 0.3) is 0 Å². The fourth-order valence-corrected chi connectivity index (χ4v) is 2.21. The van der Waals surface area contributed by atoms with Crippen molar-refractivity contribution < 1.29 is 15.3 Å². The number of nitrogens with zero attached hydrogens (tertiary/aromatic N) is 2. The molecule has 0 heterocycles. The van der Waals surface area contributed by atoms with Gasteiger partial charge in [-0.3, -0.25) is 0 Å². The van der Waals surface area contributed by atoms with E-state index in [4.69, 9.17) is 5.73 Å². The average molecular weight is 317 g/mol. The molecule has 0 atom stereocenters. The molecule has 7 heteroatoms. The van der Waals surface area contributed by atoms with Crippen LogP contribution in [0.15, 0.2) is 52.7 Å². The Morgan fingerprint density at radius 1 is 1.05 bits per heavy atom. The molecule has 0 unspecified atom stereocenters. The molecule has 22 heavy (non-hydrogen) atoms. The van der Waals surface area contributed by atoms with Crippen LogP contribution in [-0.2, 0) is 5.75 Å². The lowest BCUT2D eigenvalue weighted by Gasteiger charge is -2.02. The number of aromatic hydroxyl groups is 3. The van der Waals surface area contributed by atoms with E-state index in [1.807, 2.05) is 30.3 Å². The number of phenolic OH excluding ortho intramolecular Hbond substituents is 3. The highest BCUT2D eigenvalue weighted by Gasteiger charge is 2.08. The predicted molar refractivity (Wildman–Crippen MR) is 88.4 cm³/mol. The van der Waals surface area contributed by atoms with Crippen LogP contribution in [0.4, 0.5) is 0 Å². The van der Waals surface area contributed by atoms with E-state index in [0.29, 0.717) is 5.75 Å². The Kier molecular flexibility index (Phi) is 5.26. The summed E-state index contributed by atoms with van der Waals surface area (Å²) in [5.41, 5.74) is 7.07. The molecule has 0 fully saturated rings. The van der Waals surface area contributed by atoms with Gasteiger partial charge in [0.15, 0.2) is 16.7 Å². The highest BCUT2D eigenvalue weighted by atomic mass is 32.2. The zero-order valence-corrected chi connectivity index (χ0v) is 12.4. The van der Waals surface area contributed by atoms with Gasteiger partial charge in [0, 0.05) is 11.3 Å². The average Bonchev–Trinajstić information content (AvgIpc) is 2.54. The molecule has 2 aromatic rings. The van der Waals surface area contributed by atoms with Crippen molar-refractivity contribution >= 4 is 23.1 Å². The fourth-order valence-electron chi connectivity index (χ4n) is 1.60. The van der Waals surface area contributed by atoms with Gasteiger partial charge in [0.25, 0.3) is 0 Å². The standard InChI is InChI=1S/C15H15N3O3S/c16-15(22-9-10-4-2-1-3-5-10)18-17-8-11-6-7-12(19)14(21)13(11)20/h1-8,19-21H,9H2,(H2,16,18). The molecule has 0 spiro atoms. The van der Waals surface area contributed by atoms with E-state index < -0.39 is 17.2 Å². The van der Waals surface area contributed by atoms with E-state index >= 15 is 0 Å². The molecule has 0 aliphatic rings. The molecule has 0 aliphatic carbocycles. The normalized spacial score (nSPS) is 11.9. The number of thioether (sulfide) groups is 1. The fraction of sp³-hybridized carbons (Fsp3) is 0.0667. The Bertz CT molecular complexity index is 703. The molecule has 114 valence electrons. The summed E-state index contributed by atoms with van der Waals surface area (Å²) in [6, 6.07) is 12.4. The molecule has 0 aliphatic heterocycles. The van der Waals surface area contributed by atoms with E-state index in [-0.39, 0.29) is 10.7 Å². The molecular formula is C15H15N3O3S. The minimum atomic E-state index is -0.598. The van der Waals surface area contributed by atoms with Gasteiger partial charge in [-0.05, 0) is 17.7 Å². The minimum absolute atomic E-state index is 0.222. The highest BCUT2D eigenvalue weighted by molar-refractivity contribution is 8.13. The summed E-state index contributed by atoms with van der Waals surface area (Å²) in [6.45, 7) is 0. The van der Waals surface area contributed by atoms with Crippen molar-refractivity contribution in [1.29, 1.82) is 0 Å². The molecule has 2 rings (SSSR count). The Hall–Kier alpha value is -2.67. The van der Waals surface area contributed by atoms with Gasteiger partial charge in [0.2, 0.25) is 5.75 Å². The summed E-state index contributed by atoms with van der Waals surface area (Å²) in [6.07, 6.45) is 1.24. The van der Waals surface area contributed by atoms with E-state index in [0.717, 1.165) is 5.56 Å². The van der Waals surface area contributed by atoms with Gasteiger partial charge in [-0.15, -0.1) is 5.10 Å². The van der Waals surface area contributed by atoms with Crippen LogP contribution in [0.2, 0.25) is 0 Å². The quantitative estimate of drug-likeness (QED) is 0.299. The lowest BCUT2D eigenvalue weighted by Crippen LogP contribution is -2.06. The van der Waals surface area contributed by atoms with Crippen LogP contribution in [0, 0.1) is 0 Å². The van der Waals surface area contributed by atoms with Crippen molar-refractivity contribution in [1.82, 2.24) is 0 Å². The topological polar surface area (TPSA) is 111 Å². The van der Waals surface area contributed by atoms with Crippen LogP contribution in [-0.4, -0.2) is 26.7 Å². The van der Waals surface area contributed by atoms with Crippen molar-refractivity contribution in [3.05, 3.63) is 53.6 Å². The first-order chi connectivity index (χ1) is 10.6. The third kappa shape index (κ3) is 4.16. The summed E-state index contributed by atoms with van der Waals surface area (Å²) in [4.78, 5) is 0. The molecular weight excluding hydrogens is 302 g/mol. The monoisotopic (exact) mass is 317 g/mol. The second-order valence-corrected chi connectivity index (χ2v) is 5.32. The van der Waals surface area contributed by atoms with Crippen molar-refractivity contribution in [2.45, 2.75) is 5.75 Å². The van der Waals surface area contributed by atoms with Crippen molar-refractivity contribution in [3.63, 3.8) is 0 Å². The molecule has 0 radical (unpaired) electrons. The van der Waals surface area contributed by atoms with E-state index in [1.54, 1.807) is 0 Å². The summed E-state index contributed by atoms with van der Waals surface area (Å²) in [5, 5.41) is 36.0. The Morgan fingerprint density at radius 2 is 1.77 bits per heavy atom. The van der Waals surface area contributed by atoms with Crippen LogP contribution in [0.1, 0.15) is 11.1 Å². The number of benzene rings is 2. The van der Waals surface area contributed by atoms with Crippen LogP contribution >= 0.6 is 11.8 Å². The maximum atomic E-state index is 9.61. The maximum absolute atomic E-state index is 9.61. The van der Waals surface area contributed by atoms with Gasteiger partial charge in [0.1, 0.15) is 0 Å². The lowest BCUT2D eigenvalue weighted by atomic mass is 10.2. The van der Waals surface area contributed by atoms with Gasteiger partial charge in [-0.25, -0.2) is 0 Å². The number of amidine groups is 1. The van der Waals surface area contributed by atoms with Gasteiger partial charge in [-0.2, -0.15) is 5.10 Å². The first kappa shape index (κ1) is 15.7. The smallest absolute Gasteiger partial charge is 0.200 e. The number of rotatable bonds is 4. The number of phenols is 3. The van der Waals surface area contributed by atoms with E-state index in [2.05, 4.69) is 10.2 Å². The van der Waals surface area contributed by atoms with E-state index in [1.165, 1.54) is 30.1 Å². The van der Waals surface area contributed by atoms with E-state index in [9.17, 15) is 15.3 Å². The third-order valence-corrected chi connectivity index (χ3v) is 3.60. The summed E-state index contributed by atoms with van der Waals surface area (Å²) < 4.78 is 0. The Morgan fingerprint density at radius 3 is 2.50 bits per heavy atom. The Balaban J connectivity index is 1.97. The van der Waals surface area contributed by atoms with Gasteiger partial charge in [-0.1, -0.05) is 42.1 Å². The zero-order valence-electron chi connectivity index (χ0n) is 11.5.